The van der Waals surface area contributed by atoms with E-state index in [1.54, 1.807) is 0 Å². The Hall–Kier alpha value is -2.55. The van der Waals surface area contributed by atoms with Crippen molar-refractivity contribution in [2.75, 3.05) is 0 Å². The normalized spacial score (nSPS) is 13.6. The van der Waals surface area contributed by atoms with E-state index in [9.17, 15) is 30.4 Å². The van der Waals surface area contributed by atoms with Gasteiger partial charge in [0.05, 0.1) is 14.7 Å². The lowest BCUT2D eigenvalue weighted by atomic mass is 9.94. The Morgan fingerprint density at radius 3 is 1.24 bits per heavy atom. The number of nitrogens with two attached hydrogens (primary N) is 3. The number of rotatable bonds is 3. The number of hydrogen-bond donors (Lipinski definition) is 4. The van der Waals surface area contributed by atoms with Crippen LogP contribution in [-0.4, -0.2) is 30.4 Å². The molecule has 0 saturated carbocycles. The van der Waals surface area contributed by atoms with Crippen LogP contribution in [-0.2, 0) is 30.1 Å². The molecule has 0 aliphatic carbocycles. The third-order valence-corrected chi connectivity index (χ3v) is 7.54. The first kappa shape index (κ1) is 19.8. The van der Waals surface area contributed by atoms with Gasteiger partial charge in [-0.05, 0) is 12.1 Å². The molecule has 13 heteroatoms. The van der Waals surface area contributed by atoms with Gasteiger partial charge < -0.3 is 5.11 Å². The Labute approximate surface area is 165 Å². The van der Waals surface area contributed by atoms with E-state index in [4.69, 9.17) is 15.4 Å². The van der Waals surface area contributed by atoms with Crippen molar-refractivity contribution in [1.29, 1.82) is 0 Å². The van der Waals surface area contributed by atoms with Gasteiger partial charge in [0, 0.05) is 38.4 Å². The zero-order valence-corrected chi connectivity index (χ0v) is 16.8. The fourth-order valence-electron chi connectivity index (χ4n) is 3.59. The van der Waals surface area contributed by atoms with Crippen molar-refractivity contribution in [3.8, 4) is 5.75 Å². The molecular weight excluding hydrogens is 442 g/mol. The smallest absolute Gasteiger partial charge is 0.238 e. The fourth-order valence-corrected chi connectivity index (χ4v) is 5.93. The van der Waals surface area contributed by atoms with Crippen LogP contribution in [0.25, 0.3) is 32.3 Å². The highest BCUT2D eigenvalue weighted by molar-refractivity contribution is 7.90. The van der Waals surface area contributed by atoms with Crippen LogP contribution in [0.4, 0.5) is 0 Å². The van der Waals surface area contributed by atoms with Gasteiger partial charge in [-0.2, -0.15) is 0 Å². The average molecular weight is 455 g/mol. The summed E-state index contributed by atoms with van der Waals surface area (Å²) in [5, 5.41) is 26.6. The van der Waals surface area contributed by atoms with Crippen LogP contribution >= 0.6 is 0 Å². The van der Waals surface area contributed by atoms with Gasteiger partial charge in [-0.3, -0.25) is 0 Å². The quantitative estimate of drug-likeness (QED) is 0.316. The predicted molar refractivity (Wildman–Crippen MR) is 106 cm³/mol. The molecule has 4 rings (SSSR count). The minimum absolute atomic E-state index is 0.0407. The minimum Gasteiger partial charge on any atom is -0.507 e. The third kappa shape index (κ3) is 2.90. The number of phenolic OH excluding ortho intramolecular Hbond substituents is 1. The highest BCUT2D eigenvalue weighted by Crippen LogP contribution is 2.44. The Balaban J connectivity index is 2.47. The first-order valence-electron chi connectivity index (χ1n) is 7.77. The molecule has 0 amide bonds. The van der Waals surface area contributed by atoms with Gasteiger partial charge in [-0.1, -0.05) is 18.2 Å². The standard InChI is InChI=1S/C16H13N3O7S3/c17-27(21,22)12-5-11(20)7-1-2-9-13(28(18,23)24)6-14(29(19,25)26)10-4-3-8(12)15(7)16(9)10/h1-6,20H,(H2,17,21,22)(H2,18,23,24)(H2,19,25,26). The van der Waals surface area contributed by atoms with E-state index >= 15 is 0 Å². The Morgan fingerprint density at radius 2 is 0.862 bits per heavy atom. The van der Waals surface area contributed by atoms with Gasteiger partial charge in [-0.25, -0.2) is 40.7 Å². The van der Waals surface area contributed by atoms with Crippen LogP contribution in [0.1, 0.15) is 0 Å². The van der Waals surface area contributed by atoms with Crippen molar-refractivity contribution in [3.05, 3.63) is 36.4 Å². The summed E-state index contributed by atoms with van der Waals surface area (Å²) in [7, 11) is -13.0. The lowest BCUT2D eigenvalue weighted by Crippen LogP contribution is -2.17. The summed E-state index contributed by atoms with van der Waals surface area (Å²) in [6.07, 6.45) is 0. The number of phenols is 1. The van der Waals surface area contributed by atoms with Crippen molar-refractivity contribution in [2.45, 2.75) is 14.7 Å². The molecule has 0 aliphatic heterocycles. The van der Waals surface area contributed by atoms with Crippen LogP contribution < -0.4 is 15.4 Å². The second kappa shape index (κ2) is 5.75. The van der Waals surface area contributed by atoms with Gasteiger partial charge in [0.2, 0.25) is 30.1 Å². The van der Waals surface area contributed by atoms with Gasteiger partial charge in [0.1, 0.15) is 5.75 Å². The lowest BCUT2D eigenvalue weighted by molar-refractivity contribution is 0.480. The van der Waals surface area contributed by atoms with Gasteiger partial charge in [-0.15, -0.1) is 0 Å². The van der Waals surface area contributed by atoms with Crippen molar-refractivity contribution < 1.29 is 30.4 Å². The highest BCUT2D eigenvalue weighted by atomic mass is 32.2. The van der Waals surface area contributed by atoms with E-state index in [1.165, 1.54) is 24.3 Å². The minimum atomic E-state index is -4.38. The van der Waals surface area contributed by atoms with Crippen LogP contribution in [0.3, 0.4) is 0 Å². The van der Waals surface area contributed by atoms with E-state index in [-0.39, 0.29) is 32.3 Å². The Bertz CT molecular complexity index is 1620. The molecule has 7 N–H and O–H groups in total. The summed E-state index contributed by atoms with van der Waals surface area (Å²) < 4.78 is 72.6. The van der Waals surface area contributed by atoms with E-state index in [0.717, 1.165) is 12.1 Å². The number of benzene rings is 4. The fraction of sp³-hybridized carbons (Fsp3) is 0. The molecule has 0 spiro atoms. The predicted octanol–water partition coefficient (Wildman–Crippen LogP) is 0.232. The molecule has 4 aromatic rings. The van der Waals surface area contributed by atoms with Gasteiger partial charge in [0.25, 0.3) is 0 Å². The highest BCUT2D eigenvalue weighted by Gasteiger charge is 2.26. The van der Waals surface area contributed by atoms with Crippen molar-refractivity contribution in [3.63, 3.8) is 0 Å². The van der Waals surface area contributed by atoms with Gasteiger partial charge in [0.15, 0.2) is 0 Å². The van der Waals surface area contributed by atoms with E-state index in [0.29, 0.717) is 0 Å². The molecular formula is C16H13N3O7S3. The maximum Gasteiger partial charge on any atom is 0.238 e. The number of sulfonamides is 3. The van der Waals surface area contributed by atoms with Gasteiger partial charge >= 0.3 is 0 Å². The first-order chi connectivity index (χ1) is 13.2. The van der Waals surface area contributed by atoms with Crippen LogP contribution in [0.5, 0.6) is 5.75 Å². The monoisotopic (exact) mass is 455 g/mol. The molecule has 152 valence electrons. The second-order valence-corrected chi connectivity index (χ2v) is 11.1. The zero-order valence-electron chi connectivity index (χ0n) is 14.3. The molecule has 0 radical (unpaired) electrons. The summed E-state index contributed by atoms with van der Waals surface area (Å²) in [6, 6.07) is 7.15. The Morgan fingerprint density at radius 1 is 0.552 bits per heavy atom. The van der Waals surface area contributed by atoms with Crippen molar-refractivity contribution >= 4 is 62.4 Å². The molecule has 0 aromatic heterocycles. The molecule has 29 heavy (non-hydrogen) atoms. The molecule has 0 saturated heterocycles. The molecule has 0 bridgehead atoms. The SMILES string of the molecule is NS(=O)(=O)c1cc(O)c2ccc3c(S(N)(=O)=O)cc(S(N)(=O)=O)c4ccc1c2c34. The molecule has 10 nitrogen and oxygen atoms in total. The molecule has 4 aromatic carbocycles. The maximum atomic E-state index is 12.1. The molecule has 0 heterocycles. The van der Waals surface area contributed by atoms with Crippen LogP contribution in [0, 0.1) is 0 Å². The van der Waals surface area contributed by atoms with E-state index in [2.05, 4.69) is 0 Å². The molecule has 0 aliphatic rings. The van der Waals surface area contributed by atoms with Crippen LogP contribution in [0.15, 0.2) is 51.1 Å². The third-order valence-electron chi connectivity index (χ3n) is 4.68. The summed E-state index contributed by atoms with van der Waals surface area (Å²) in [5.41, 5.74) is 0. The zero-order chi connectivity index (χ0) is 21.5. The topological polar surface area (TPSA) is 201 Å². The maximum absolute atomic E-state index is 12.1. The van der Waals surface area contributed by atoms with Crippen LogP contribution in [0.2, 0.25) is 0 Å². The van der Waals surface area contributed by atoms with Crippen molar-refractivity contribution in [2.24, 2.45) is 15.4 Å². The first-order valence-corrected chi connectivity index (χ1v) is 12.4. The van der Waals surface area contributed by atoms with E-state index < -0.39 is 50.5 Å². The lowest BCUT2D eigenvalue weighted by Gasteiger charge is -2.17. The summed E-state index contributed by atoms with van der Waals surface area (Å²) in [4.78, 5) is -1.43. The number of hydrogen-bond acceptors (Lipinski definition) is 7. The molecule has 0 atom stereocenters. The number of primary sulfonamides is 3. The summed E-state index contributed by atoms with van der Waals surface area (Å²) in [5.74, 6) is -0.436. The summed E-state index contributed by atoms with van der Waals surface area (Å²) in [6.45, 7) is 0. The Kier molecular flexibility index (Phi) is 3.91. The molecule has 0 unspecified atom stereocenters. The molecule has 0 fully saturated rings. The summed E-state index contributed by atoms with van der Waals surface area (Å²) >= 11 is 0. The number of aromatic hydroxyl groups is 1. The average Bonchev–Trinajstić information content (AvgIpc) is 2.57. The van der Waals surface area contributed by atoms with Crippen molar-refractivity contribution in [1.82, 2.24) is 0 Å². The second-order valence-electron chi connectivity index (χ2n) is 6.47. The van der Waals surface area contributed by atoms with E-state index in [1.807, 2.05) is 0 Å². The largest absolute Gasteiger partial charge is 0.507 e.